The predicted molar refractivity (Wildman–Crippen MR) is 99.9 cm³/mol. The third kappa shape index (κ3) is 5.52. The monoisotopic (exact) mass is 374 g/mol. The Hall–Kier alpha value is -2.93. The van der Waals surface area contributed by atoms with E-state index in [-0.39, 0.29) is 5.75 Å². The first-order valence-electron chi connectivity index (χ1n) is 8.74. The molecule has 0 aliphatic rings. The molecule has 0 heterocycles. The van der Waals surface area contributed by atoms with Crippen molar-refractivity contribution in [2.75, 3.05) is 20.7 Å². The average Bonchev–Trinajstić information content (AvgIpc) is 2.63. The molecule has 0 aliphatic heterocycles. The first kappa shape index (κ1) is 20.4. The van der Waals surface area contributed by atoms with Crippen molar-refractivity contribution in [3.63, 3.8) is 0 Å². The minimum absolute atomic E-state index is 0.171. The molecule has 3 N–H and O–H groups in total. The van der Waals surface area contributed by atoms with Gasteiger partial charge in [-0.2, -0.15) is 0 Å². The number of hydrogen-bond donors (Lipinski definition) is 3. The number of imide groups is 1. The summed E-state index contributed by atoms with van der Waals surface area (Å²) in [6.45, 7) is 2.58. The zero-order valence-electron chi connectivity index (χ0n) is 15.7. The number of benzene rings is 2. The minimum Gasteiger partial charge on any atom is -0.494 e. The summed E-state index contributed by atoms with van der Waals surface area (Å²) in [6, 6.07) is 12.7. The number of likely N-dealkylation sites (N-methyl/N-ethyl adjacent to an activating group) is 1. The highest BCUT2D eigenvalue weighted by Gasteiger charge is 2.30. The Balaban J connectivity index is 2.23. The van der Waals surface area contributed by atoms with Gasteiger partial charge in [0.25, 0.3) is 5.91 Å². The molecule has 0 radical (unpaired) electrons. The molecule has 2 rings (SSSR count). The zero-order chi connectivity index (χ0) is 19.8. The van der Waals surface area contributed by atoms with E-state index in [0.717, 1.165) is 16.0 Å². The fourth-order valence-corrected chi connectivity index (χ4v) is 2.94. The number of carbonyl (C=O) groups is 2. The molecule has 2 aromatic rings. The summed E-state index contributed by atoms with van der Waals surface area (Å²) in [4.78, 5) is 25.3. The van der Waals surface area contributed by atoms with E-state index < -0.39 is 23.8 Å². The second-order valence-electron chi connectivity index (χ2n) is 6.18. The second-order valence-corrected chi connectivity index (χ2v) is 6.18. The van der Waals surface area contributed by atoms with E-state index in [0.29, 0.717) is 13.1 Å². The Morgan fingerprint density at radius 1 is 1.19 bits per heavy atom. The maximum absolute atomic E-state index is 14.0. The van der Waals surface area contributed by atoms with Gasteiger partial charge in [-0.15, -0.1) is 0 Å². The minimum atomic E-state index is -0.626. The summed E-state index contributed by atoms with van der Waals surface area (Å²) in [5, 5.41) is 4.92. The normalized spacial score (nSPS) is 12.7. The van der Waals surface area contributed by atoms with Crippen molar-refractivity contribution in [3.8, 4) is 5.75 Å². The number of quaternary nitrogens is 1. The fourth-order valence-electron chi connectivity index (χ4n) is 2.94. The maximum Gasteiger partial charge on any atom is 0.321 e. The van der Waals surface area contributed by atoms with Crippen LogP contribution >= 0.6 is 0 Å². The number of urea groups is 1. The molecule has 0 saturated carbocycles. The van der Waals surface area contributed by atoms with Crippen molar-refractivity contribution in [1.82, 2.24) is 10.6 Å². The van der Waals surface area contributed by atoms with E-state index in [1.807, 2.05) is 37.4 Å². The third-order valence-electron chi connectivity index (χ3n) is 4.16. The molecule has 27 heavy (non-hydrogen) atoms. The largest absolute Gasteiger partial charge is 0.494 e. The molecule has 0 fully saturated rings. The average molecular weight is 374 g/mol. The van der Waals surface area contributed by atoms with E-state index in [9.17, 15) is 14.0 Å². The Labute approximate surface area is 158 Å². The van der Waals surface area contributed by atoms with Crippen LogP contribution in [0.5, 0.6) is 5.75 Å². The van der Waals surface area contributed by atoms with E-state index >= 15 is 0 Å². The van der Waals surface area contributed by atoms with Crippen LogP contribution in [0.25, 0.3) is 0 Å². The van der Waals surface area contributed by atoms with Crippen molar-refractivity contribution >= 4 is 11.9 Å². The predicted octanol–water partition coefficient (Wildman–Crippen LogP) is 1.44. The van der Waals surface area contributed by atoms with Gasteiger partial charge >= 0.3 is 6.03 Å². The number of nitrogens with one attached hydrogen (secondary N) is 3. The highest BCUT2D eigenvalue weighted by molar-refractivity contribution is 5.96. The third-order valence-corrected chi connectivity index (χ3v) is 4.16. The molecule has 144 valence electrons. The summed E-state index contributed by atoms with van der Waals surface area (Å²) in [6.07, 6.45) is 0. The van der Waals surface area contributed by atoms with E-state index in [1.165, 1.54) is 13.2 Å². The molecule has 0 bridgehead atoms. The lowest BCUT2D eigenvalue weighted by atomic mass is 10.0. The number of carbonyl (C=O) groups excluding carboxylic acids is 2. The lowest BCUT2D eigenvalue weighted by Crippen LogP contribution is -3.09. The molecule has 0 spiro atoms. The lowest BCUT2D eigenvalue weighted by molar-refractivity contribution is -0.916. The summed E-state index contributed by atoms with van der Waals surface area (Å²) in [5.41, 5.74) is 1.49. The van der Waals surface area contributed by atoms with Crippen LogP contribution in [0.2, 0.25) is 0 Å². The molecule has 0 aliphatic carbocycles. The van der Waals surface area contributed by atoms with Crippen molar-refractivity contribution in [3.05, 3.63) is 65.5 Å². The highest BCUT2D eigenvalue weighted by Crippen LogP contribution is 2.17. The van der Waals surface area contributed by atoms with Crippen LogP contribution in [0.15, 0.2) is 48.5 Å². The molecule has 3 amide bonds. The number of hydrogen-bond acceptors (Lipinski definition) is 3. The van der Waals surface area contributed by atoms with Crippen molar-refractivity contribution < 1.29 is 23.6 Å². The first-order chi connectivity index (χ1) is 13.0. The smallest absolute Gasteiger partial charge is 0.321 e. The van der Waals surface area contributed by atoms with Crippen LogP contribution in [-0.4, -0.2) is 32.6 Å². The van der Waals surface area contributed by atoms with Gasteiger partial charge in [0.2, 0.25) is 0 Å². The Morgan fingerprint density at radius 3 is 2.48 bits per heavy atom. The van der Waals surface area contributed by atoms with Gasteiger partial charge in [0.15, 0.2) is 17.6 Å². The molecule has 2 atom stereocenters. The SMILES string of the molecule is CCNC(=O)NC(=O)[C@H](c1ccccc1)[NH+](C)Cc1ccc(OC)c(F)c1. The molecule has 0 aromatic heterocycles. The van der Waals surface area contributed by atoms with E-state index in [2.05, 4.69) is 10.6 Å². The van der Waals surface area contributed by atoms with Gasteiger partial charge in [-0.1, -0.05) is 30.3 Å². The van der Waals surface area contributed by atoms with E-state index in [1.54, 1.807) is 19.1 Å². The van der Waals surface area contributed by atoms with Crippen LogP contribution in [0.3, 0.4) is 0 Å². The molecule has 1 unspecified atom stereocenters. The number of amides is 3. The molecule has 6 nitrogen and oxygen atoms in total. The molecular formula is C20H25FN3O3+. The zero-order valence-corrected chi connectivity index (χ0v) is 15.7. The molecule has 2 aromatic carbocycles. The van der Waals surface area contributed by atoms with Crippen LogP contribution in [0.4, 0.5) is 9.18 Å². The topological polar surface area (TPSA) is 71.9 Å². The summed E-state index contributed by atoms with van der Waals surface area (Å²) < 4.78 is 18.9. The Morgan fingerprint density at radius 2 is 1.89 bits per heavy atom. The van der Waals surface area contributed by atoms with Gasteiger partial charge in [0.1, 0.15) is 6.54 Å². The summed E-state index contributed by atoms with van der Waals surface area (Å²) in [5.74, 6) is -0.700. The molecule has 7 heteroatoms. The Bertz CT molecular complexity index is 783. The Kier molecular flexibility index (Phi) is 7.31. The second kappa shape index (κ2) is 9.68. The number of ether oxygens (including phenoxy) is 1. The van der Waals surface area contributed by atoms with Crippen molar-refractivity contribution in [1.29, 1.82) is 0 Å². The lowest BCUT2D eigenvalue weighted by Gasteiger charge is -2.24. The van der Waals surface area contributed by atoms with Crippen LogP contribution < -0.4 is 20.3 Å². The number of rotatable bonds is 7. The van der Waals surface area contributed by atoms with Gasteiger partial charge in [-0.3, -0.25) is 10.1 Å². The van der Waals surface area contributed by atoms with E-state index in [4.69, 9.17) is 4.74 Å². The van der Waals surface area contributed by atoms with Crippen LogP contribution in [0, 0.1) is 5.82 Å². The fraction of sp³-hybridized carbons (Fsp3) is 0.300. The molecular weight excluding hydrogens is 349 g/mol. The summed E-state index contributed by atoms with van der Waals surface area (Å²) >= 11 is 0. The van der Waals surface area contributed by atoms with Gasteiger partial charge in [-0.25, -0.2) is 9.18 Å². The number of halogens is 1. The van der Waals surface area contributed by atoms with Crippen LogP contribution in [0.1, 0.15) is 24.1 Å². The van der Waals surface area contributed by atoms with Crippen molar-refractivity contribution in [2.24, 2.45) is 0 Å². The van der Waals surface area contributed by atoms with Gasteiger partial charge in [-0.05, 0) is 25.1 Å². The van der Waals surface area contributed by atoms with Crippen LogP contribution in [-0.2, 0) is 11.3 Å². The van der Waals surface area contributed by atoms with Crippen molar-refractivity contribution in [2.45, 2.75) is 19.5 Å². The maximum atomic E-state index is 14.0. The molecule has 0 saturated heterocycles. The number of methoxy groups -OCH3 is 1. The first-order valence-corrected chi connectivity index (χ1v) is 8.74. The van der Waals surface area contributed by atoms with Gasteiger partial charge < -0.3 is 15.0 Å². The van der Waals surface area contributed by atoms with Gasteiger partial charge in [0, 0.05) is 17.7 Å². The quantitative estimate of drug-likeness (QED) is 0.687. The summed E-state index contributed by atoms with van der Waals surface area (Å²) in [7, 11) is 3.24. The van der Waals surface area contributed by atoms with Gasteiger partial charge in [0.05, 0.1) is 14.2 Å². The standard InChI is InChI=1S/C20H24FN3O3/c1-4-22-20(26)23-19(25)18(15-8-6-5-7-9-15)24(2)13-14-10-11-17(27-3)16(21)12-14/h5-12,18H,4,13H2,1-3H3,(H2,22,23,25,26)/p+1/t18-/m0/s1. The highest BCUT2D eigenvalue weighted by atomic mass is 19.1.